The summed E-state index contributed by atoms with van der Waals surface area (Å²) < 4.78 is 13.8. The molecule has 0 aliphatic carbocycles. The third-order valence-corrected chi connectivity index (χ3v) is 7.42. The number of nitrogens with zero attached hydrogens (tertiary/aromatic N) is 5. The van der Waals surface area contributed by atoms with Crippen molar-refractivity contribution >= 4 is 28.9 Å². The molecule has 0 saturated heterocycles. The maximum absolute atomic E-state index is 13.5. The van der Waals surface area contributed by atoms with Crippen LogP contribution in [0, 0.1) is 0 Å². The average molecular weight is 554 g/mol. The van der Waals surface area contributed by atoms with Gasteiger partial charge in [-0.3, -0.25) is 19.4 Å². The zero-order valence-corrected chi connectivity index (χ0v) is 23.5. The fourth-order valence-corrected chi connectivity index (χ4v) is 5.51. The van der Waals surface area contributed by atoms with Gasteiger partial charge in [0.15, 0.2) is 0 Å². The first-order valence-corrected chi connectivity index (χ1v) is 13.6. The van der Waals surface area contributed by atoms with Crippen LogP contribution in [0.2, 0.25) is 0 Å². The lowest BCUT2D eigenvalue weighted by atomic mass is 9.91. The minimum Gasteiger partial charge on any atom is -0.489 e. The molecule has 2 aliphatic heterocycles. The summed E-state index contributed by atoms with van der Waals surface area (Å²) in [6.07, 6.45) is 0.0725. The molecule has 1 atom stereocenters. The van der Waals surface area contributed by atoms with E-state index in [0.29, 0.717) is 29.8 Å². The lowest BCUT2D eigenvalue weighted by Gasteiger charge is -2.40. The van der Waals surface area contributed by atoms with Crippen LogP contribution >= 0.6 is 0 Å². The Morgan fingerprint density at radius 3 is 2.44 bits per heavy atom. The highest BCUT2D eigenvalue weighted by atomic mass is 16.6. The normalized spacial score (nSPS) is 16.6. The van der Waals surface area contributed by atoms with Crippen LogP contribution in [-0.2, 0) is 24.8 Å². The van der Waals surface area contributed by atoms with Gasteiger partial charge in [0.05, 0.1) is 29.2 Å². The Kier molecular flexibility index (Phi) is 6.48. The number of aromatic nitrogens is 3. The van der Waals surface area contributed by atoms with E-state index in [1.807, 2.05) is 64.2 Å². The predicted molar refractivity (Wildman–Crippen MR) is 150 cm³/mol. The molecule has 210 valence electrons. The maximum atomic E-state index is 13.5. The molecule has 4 aromatic rings. The molecule has 10 heteroatoms. The molecular weight excluding hydrogens is 522 g/mol. The van der Waals surface area contributed by atoms with Gasteiger partial charge in [0.1, 0.15) is 23.5 Å². The van der Waals surface area contributed by atoms with Crippen molar-refractivity contribution in [1.29, 1.82) is 0 Å². The van der Waals surface area contributed by atoms with E-state index >= 15 is 0 Å². The van der Waals surface area contributed by atoms with Gasteiger partial charge >= 0.3 is 6.09 Å². The van der Waals surface area contributed by atoms with Gasteiger partial charge in [0.2, 0.25) is 0 Å². The SMILES string of the molecule is Cn1nnc2cc(COc3cccc4c3C(CN3C(=O)c5ccccc5C3=O)N(C(=O)OC(C)(C)C)CC4)ccc21. The first-order valence-electron chi connectivity index (χ1n) is 13.6. The third-order valence-electron chi connectivity index (χ3n) is 7.42. The highest BCUT2D eigenvalue weighted by molar-refractivity contribution is 6.21. The van der Waals surface area contributed by atoms with Crippen molar-refractivity contribution in [1.82, 2.24) is 24.8 Å². The summed E-state index contributed by atoms with van der Waals surface area (Å²) in [6.45, 7) is 6.04. The number of carbonyl (C=O) groups is 3. The highest BCUT2D eigenvalue weighted by Gasteiger charge is 2.42. The van der Waals surface area contributed by atoms with E-state index in [0.717, 1.165) is 27.7 Å². The summed E-state index contributed by atoms with van der Waals surface area (Å²) in [6, 6.07) is 17.7. The lowest BCUT2D eigenvalue weighted by molar-refractivity contribution is 0.00950. The number of ether oxygens (including phenoxy) is 2. The molecule has 41 heavy (non-hydrogen) atoms. The van der Waals surface area contributed by atoms with Crippen molar-refractivity contribution in [2.75, 3.05) is 13.1 Å². The zero-order chi connectivity index (χ0) is 28.9. The summed E-state index contributed by atoms with van der Waals surface area (Å²) in [4.78, 5) is 43.0. The summed E-state index contributed by atoms with van der Waals surface area (Å²) in [7, 11) is 1.84. The van der Waals surface area contributed by atoms with E-state index < -0.39 is 17.7 Å². The number of hydrogen-bond donors (Lipinski definition) is 0. The van der Waals surface area contributed by atoms with Crippen LogP contribution in [0.15, 0.2) is 60.7 Å². The molecule has 0 fully saturated rings. The van der Waals surface area contributed by atoms with Crippen molar-refractivity contribution in [2.24, 2.45) is 7.05 Å². The molecule has 2 aliphatic rings. The van der Waals surface area contributed by atoms with Crippen molar-refractivity contribution in [3.05, 3.63) is 88.5 Å². The molecule has 0 bridgehead atoms. The first kappa shape index (κ1) is 26.5. The van der Waals surface area contributed by atoms with E-state index in [1.54, 1.807) is 33.8 Å². The molecule has 0 N–H and O–H groups in total. The topological polar surface area (TPSA) is 107 Å². The van der Waals surface area contributed by atoms with Crippen LogP contribution in [0.25, 0.3) is 11.0 Å². The number of hydrogen-bond acceptors (Lipinski definition) is 7. The standard InChI is InChI=1S/C31H31N5O5/c1-31(2,3)41-30(39)35-15-14-20-8-7-11-26(40-18-19-12-13-24-23(16-19)32-33-34(24)4)27(20)25(35)17-36-28(37)21-9-5-6-10-22(21)29(36)38/h5-13,16,25H,14-15,17-18H2,1-4H3. The van der Waals surface area contributed by atoms with Gasteiger partial charge in [-0.15, -0.1) is 5.10 Å². The molecular formula is C31H31N5O5. The van der Waals surface area contributed by atoms with Gasteiger partial charge in [-0.25, -0.2) is 9.48 Å². The van der Waals surface area contributed by atoms with Gasteiger partial charge in [0.25, 0.3) is 11.8 Å². The fraction of sp³-hybridized carbons (Fsp3) is 0.323. The number of fused-ring (bicyclic) bond motifs is 3. The Labute approximate surface area is 237 Å². The smallest absolute Gasteiger partial charge is 0.410 e. The Bertz CT molecular complexity index is 1650. The quantitative estimate of drug-likeness (QED) is 0.331. The largest absolute Gasteiger partial charge is 0.489 e. The molecule has 0 saturated carbocycles. The van der Waals surface area contributed by atoms with Crippen molar-refractivity contribution in [2.45, 2.75) is 45.4 Å². The first-order chi connectivity index (χ1) is 19.6. The van der Waals surface area contributed by atoms with Crippen LogP contribution < -0.4 is 4.74 Å². The summed E-state index contributed by atoms with van der Waals surface area (Å²) >= 11 is 0. The van der Waals surface area contributed by atoms with E-state index in [2.05, 4.69) is 10.3 Å². The van der Waals surface area contributed by atoms with Gasteiger partial charge in [-0.05, 0) is 68.7 Å². The summed E-state index contributed by atoms with van der Waals surface area (Å²) in [5.74, 6) is -0.174. The number of carbonyl (C=O) groups excluding carboxylic acids is 3. The summed E-state index contributed by atoms with van der Waals surface area (Å²) in [5, 5.41) is 8.26. The molecule has 10 nitrogen and oxygen atoms in total. The minimum atomic E-state index is -0.716. The number of imide groups is 1. The van der Waals surface area contributed by atoms with E-state index in [4.69, 9.17) is 9.47 Å². The molecule has 3 amide bonds. The van der Waals surface area contributed by atoms with Crippen LogP contribution in [0.3, 0.4) is 0 Å². The van der Waals surface area contributed by atoms with E-state index in [9.17, 15) is 14.4 Å². The molecule has 3 heterocycles. The second-order valence-electron chi connectivity index (χ2n) is 11.4. The monoisotopic (exact) mass is 553 g/mol. The zero-order valence-electron chi connectivity index (χ0n) is 23.5. The maximum Gasteiger partial charge on any atom is 0.410 e. The minimum absolute atomic E-state index is 0.0233. The Morgan fingerprint density at radius 1 is 1.00 bits per heavy atom. The van der Waals surface area contributed by atoms with Crippen LogP contribution in [-0.4, -0.2) is 61.4 Å². The second kappa shape index (κ2) is 10.0. The molecule has 0 radical (unpaired) electrons. The number of rotatable bonds is 5. The summed E-state index contributed by atoms with van der Waals surface area (Å²) in [5.41, 5.74) is 4.36. The number of aryl methyl sites for hydroxylation is 1. The van der Waals surface area contributed by atoms with Crippen LogP contribution in [0.1, 0.15) is 64.2 Å². The third kappa shape index (κ3) is 4.90. The highest BCUT2D eigenvalue weighted by Crippen LogP contribution is 2.39. The van der Waals surface area contributed by atoms with Gasteiger partial charge in [0, 0.05) is 19.2 Å². The molecule has 1 aromatic heterocycles. The Balaban J connectivity index is 1.35. The second-order valence-corrected chi connectivity index (χ2v) is 11.4. The van der Waals surface area contributed by atoms with Gasteiger partial charge < -0.3 is 9.47 Å². The van der Waals surface area contributed by atoms with Crippen LogP contribution in [0.4, 0.5) is 4.79 Å². The van der Waals surface area contributed by atoms with Crippen LogP contribution in [0.5, 0.6) is 5.75 Å². The van der Waals surface area contributed by atoms with Crippen molar-refractivity contribution < 1.29 is 23.9 Å². The Morgan fingerprint density at radius 2 is 1.73 bits per heavy atom. The molecule has 0 spiro atoms. The molecule has 1 unspecified atom stereocenters. The van der Waals surface area contributed by atoms with Crippen molar-refractivity contribution in [3.63, 3.8) is 0 Å². The van der Waals surface area contributed by atoms with Gasteiger partial charge in [-0.1, -0.05) is 35.5 Å². The van der Waals surface area contributed by atoms with Gasteiger partial charge in [-0.2, -0.15) is 0 Å². The molecule has 6 rings (SSSR count). The fourth-order valence-electron chi connectivity index (χ4n) is 5.51. The number of amides is 3. The lowest BCUT2D eigenvalue weighted by Crippen LogP contribution is -2.48. The average Bonchev–Trinajstić information content (AvgIpc) is 3.43. The predicted octanol–water partition coefficient (Wildman–Crippen LogP) is 4.68. The number of benzene rings is 3. The van der Waals surface area contributed by atoms with E-state index in [1.165, 1.54) is 4.90 Å². The van der Waals surface area contributed by atoms with E-state index in [-0.39, 0.29) is 25.0 Å². The Hall–Kier alpha value is -4.73. The van der Waals surface area contributed by atoms with Crippen molar-refractivity contribution in [3.8, 4) is 5.75 Å². The molecule has 3 aromatic carbocycles.